The summed E-state index contributed by atoms with van der Waals surface area (Å²) in [6.45, 7) is 0. The van der Waals surface area contributed by atoms with Gasteiger partial charge in [0.05, 0.1) is 16.4 Å². The summed E-state index contributed by atoms with van der Waals surface area (Å²) in [5, 5.41) is 13.9. The van der Waals surface area contributed by atoms with E-state index in [-0.39, 0.29) is 17.3 Å². The minimum atomic E-state index is -0.489. The number of hydrogen-bond donors (Lipinski definition) is 1. The Bertz CT molecular complexity index is 942. The van der Waals surface area contributed by atoms with E-state index in [1.807, 2.05) is 30.5 Å². The third kappa shape index (κ3) is 4.12. The first-order valence-corrected chi connectivity index (χ1v) is 9.38. The number of carbonyl (C=O) groups excluding carboxylic acids is 1. The molecule has 0 radical (unpaired) electrons. The first-order chi connectivity index (χ1) is 12.1. The number of nitro benzene ring substituents is 1. The Morgan fingerprint density at radius 3 is 2.88 bits per heavy atom. The van der Waals surface area contributed by atoms with Gasteiger partial charge in [0, 0.05) is 17.0 Å². The average molecular weight is 375 g/mol. The Kier molecular flexibility index (Phi) is 5.25. The fourth-order valence-electron chi connectivity index (χ4n) is 2.13. The zero-order valence-electron chi connectivity index (χ0n) is 13.1. The Morgan fingerprint density at radius 1 is 1.32 bits per heavy atom. The molecule has 0 saturated heterocycles. The molecule has 1 heterocycles. The minimum Gasteiger partial charge on any atom is -0.431 e. The third-order valence-electron chi connectivity index (χ3n) is 3.27. The van der Waals surface area contributed by atoms with Gasteiger partial charge in [-0.3, -0.25) is 14.9 Å². The highest BCUT2D eigenvalue weighted by molar-refractivity contribution is 7.99. The number of oxazole rings is 1. The molecule has 0 atom stereocenters. The second kappa shape index (κ2) is 7.58. The molecule has 0 spiro atoms. The van der Waals surface area contributed by atoms with Gasteiger partial charge in [0.1, 0.15) is 5.52 Å². The molecular weight excluding hydrogens is 362 g/mol. The highest BCUT2D eigenvalue weighted by atomic mass is 32.2. The second-order valence-electron chi connectivity index (χ2n) is 4.93. The molecule has 3 aromatic rings. The first-order valence-electron chi connectivity index (χ1n) is 7.17. The number of carbonyl (C=O) groups is 1. The quantitative estimate of drug-likeness (QED) is 0.392. The third-order valence-corrected chi connectivity index (χ3v) is 4.89. The van der Waals surface area contributed by atoms with E-state index in [0.29, 0.717) is 16.3 Å². The molecule has 0 saturated carbocycles. The fraction of sp³-hybridized carbons (Fsp3) is 0.125. The zero-order valence-corrected chi connectivity index (χ0v) is 14.7. The van der Waals surface area contributed by atoms with E-state index in [2.05, 4.69) is 10.3 Å². The maximum absolute atomic E-state index is 12.1. The molecule has 0 fully saturated rings. The van der Waals surface area contributed by atoms with E-state index >= 15 is 0 Å². The van der Waals surface area contributed by atoms with E-state index in [9.17, 15) is 14.9 Å². The topological polar surface area (TPSA) is 98.3 Å². The molecule has 1 N–H and O–H groups in total. The number of non-ortho nitro benzene ring substituents is 1. The molecule has 0 bridgehead atoms. The van der Waals surface area contributed by atoms with Crippen LogP contribution in [0.4, 0.5) is 11.4 Å². The largest absolute Gasteiger partial charge is 0.431 e. The summed E-state index contributed by atoms with van der Waals surface area (Å²) in [7, 11) is 0. The predicted molar refractivity (Wildman–Crippen MR) is 98.2 cm³/mol. The van der Waals surface area contributed by atoms with Crippen molar-refractivity contribution < 1.29 is 14.1 Å². The maximum Gasteiger partial charge on any atom is 0.271 e. The van der Waals surface area contributed by atoms with Crippen molar-refractivity contribution in [2.24, 2.45) is 0 Å². The van der Waals surface area contributed by atoms with Crippen LogP contribution >= 0.6 is 23.5 Å². The number of aromatic nitrogens is 1. The highest BCUT2D eigenvalue weighted by Crippen LogP contribution is 2.27. The summed E-state index contributed by atoms with van der Waals surface area (Å²) >= 11 is 2.69. The van der Waals surface area contributed by atoms with Gasteiger partial charge in [0.15, 0.2) is 5.58 Å². The molecule has 0 unspecified atom stereocenters. The maximum atomic E-state index is 12.1. The molecule has 7 nitrogen and oxygen atoms in total. The molecule has 2 aromatic carbocycles. The van der Waals surface area contributed by atoms with Crippen molar-refractivity contribution >= 4 is 51.9 Å². The van der Waals surface area contributed by atoms with E-state index in [1.165, 1.54) is 18.2 Å². The van der Waals surface area contributed by atoms with Gasteiger partial charge >= 0.3 is 0 Å². The molecule has 128 valence electrons. The van der Waals surface area contributed by atoms with E-state index in [1.54, 1.807) is 11.8 Å². The van der Waals surface area contributed by atoms with Crippen LogP contribution in [-0.4, -0.2) is 27.8 Å². The van der Waals surface area contributed by atoms with Crippen molar-refractivity contribution in [2.75, 3.05) is 17.3 Å². The lowest BCUT2D eigenvalue weighted by molar-refractivity contribution is -0.384. The van der Waals surface area contributed by atoms with Crippen molar-refractivity contribution in [3.05, 3.63) is 52.6 Å². The number of rotatable bonds is 6. The molecule has 1 amide bonds. The number of nitro groups is 1. The summed E-state index contributed by atoms with van der Waals surface area (Å²) in [5.41, 5.74) is 1.55. The van der Waals surface area contributed by atoms with Gasteiger partial charge in [-0.05, 0) is 24.5 Å². The number of para-hydroxylation sites is 1. The van der Waals surface area contributed by atoms with Gasteiger partial charge in [0.2, 0.25) is 5.91 Å². The number of benzene rings is 2. The van der Waals surface area contributed by atoms with Crippen LogP contribution in [0.1, 0.15) is 0 Å². The van der Waals surface area contributed by atoms with Crippen LogP contribution in [0, 0.1) is 10.1 Å². The number of fused-ring (bicyclic) bond motifs is 1. The Morgan fingerprint density at radius 2 is 2.12 bits per heavy atom. The van der Waals surface area contributed by atoms with Crippen molar-refractivity contribution in [3.8, 4) is 0 Å². The lowest BCUT2D eigenvalue weighted by Crippen LogP contribution is -2.14. The van der Waals surface area contributed by atoms with E-state index in [0.717, 1.165) is 22.3 Å². The summed E-state index contributed by atoms with van der Waals surface area (Å²) in [5.74, 6) is -0.0582. The molecule has 9 heteroatoms. The van der Waals surface area contributed by atoms with Gasteiger partial charge in [-0.2, -0.15) is 0 Å². The zero-order chi connectivity index (χ0) is 17.8. The van der Waals surface area contributed by atoms with E-state index < -0.39 is 4.92 Å². The predicted octanol–water partition coefficient (Wildman–Crippen LogP) is 4.19. The molecule has 0 aliphatic carbocycles. The van der Waals surface area contributed by atoms with Gasteiger partial charge in [-0.1, -0.05) is 23.9 Å². The van der Waals surface area contributed by atoms with Crippen LogP contribution in [0.25, 0.3) is 11.1 Å². The smallest absolute Gasteiger partial charge is 0.271 e. The molecule has 0 aliphatic rings. The Hall–Kier alpha value is -2.52. The summed E-state index contributed by atoms with van der Waals surface area (Å²) in [4.78, 5) is 27.6. The van der Waals surface area contributed by atoms with Crippen LogP contribution in [0.2, 0.25) is 0 Å². The summed E-state index contributed by atoms with van der Waals surface area (Å²) < 4.78 is 5.49. The number of nitrogens with one attached hydrogen (secondary N) is 1. The molecule has 25 heavy (non-hydrogen) atoms. The van der Waals surface area contributed by atoms with Gasteiger partial charge in [-0.25, -0.2) is 4.98 Å². The van der Waals surface area contributed by atoms with Crippen molar-refractivity contribution in [3.63, 3.8) is 0 Å². The lowest BCUT2D eigenvalue weighted by atomic mass is 10.3. The average Bonchev–Trinajstić information content (AvgIpc) is 3.02. The summed E-state index contributed by atoms with van der Waals surface area (Å²) in [6.07, 6.45) is 1.94. The second-order valence-corrected chi connectivity index (χ2v) is 6.70. The van der Waals surface area contributed by atoms with Gasteiger partial charge in [0.25, 0.3) is 10.9 Å². The number of amides is 1. The molecule has 3 rings (SSSR count). The normalized spacial score (nSPS) is 10.8. The SMILES string of the molecule is CSc1ccccc1NC(=O)CSc1nc2cc([N+](=O)[O-])ccc2o1. The Balaban J connectivity index is 1.65. The van der Waals surface area contributed by atoms with Crippen molar-refractivity contribution in [1.82, 2.24) is 4.98 Å². The van der Waals surface area contributed by atoms with Crippen LogP contribution in [-0.2, 0) is 4.79 Å². The lowest BCUT2D eigenvalue weighted by Gasteiger charge is -2.08. The fourth-order valence-corrected chi connectivity index (χ4v) is 3.32. The van der Waals surface area contributed by atoms with E-state index in [4.69, 9.17) is 4.42 Å². The monoisotopic (exact) mass is 375 g/mol. The van der Waals surface area contributed by atoms with Crippen LogP contribution in [0.3, 0.4) is 0 Å². The molecule has 1 aromatic heterocycles. The standard InChI is InChI=1S/C16H13N3O4S2/c1-24-14-5-3-2-4-11(14)17-15(20)9-25-16-18-12-8-10(19(21)22)6-7-13(12)23-16/h2-8H,9H2,1H3,(H,17,20). The first kappa shape index (κ1) is 17.3. The van der Waals surface area contributed by atoms with Crippen LogP contribution in [0.5, 0.6) is 0 Å². The number of hydrogen-bond acceptors (Lipinski definition) is 7. The van der Waals surface area contributed by atoms with Crippen LogP contribution in [0.15, 0.2) is 57.0 Å². The van der Waals surface area contributed by atoms with Crippen molar-refractivity contribution in [2.45, 2.75) is 10.1 Å². The van der Waals surface area contributed by atoms with Crippen molar-refractivity contribution in [1.29, 1.82) is 0 Å². The van der Waals surface area contributed by atoms with Gasteiger partial charge in [-0.15, -0.1) is 11.8 Å². The number of nitrogens with zero attached hydrogens (tertiary/aromatic N) is 2. The summed E-state index contributed by atoms with van der Waals surface area (Å²) in [6, 6.07) is 11.7. The Labute approximate surface area is 151 Å². The number of anilines is 1. The minimum absolute atomic E-state index is 0.0521. The van der Waals surface area contributed by atoms with Gasteiger partial charge < -0.3 is 9.73 Å². The highest BCUT2D eigenvalue weighted by Gasteiger charge is 2.13. The molecule has 0 aliphatic heterocycles. The number of thioether (sulfide) groups is 2. The van der Waals surface area contributed by atoms with Crippen LogP contribution < -0.4 is 5.32 Å². The molecular formula is C16H13N3O4S2.